The van der Waals surface area contributed by atoms with E-state index in [0.717, 1.165) is 20.9 Å². The largest absolute Gasteiger partial charge is 0.294 e. The van der Waals surface area contributed by atoms with Crippen LogP contribution in [0, 0.1) is 11.3 Å². The molecular weight excluding hydrogens is 242 g/mol. The predicted octanol–water partition coefficient (Wildman–Crippen LogP) is 3.45. The average Bonchev–Trinajstić information content (AvgIpc) is 2.54. The minimum Gasteiger partial charge on any atom is -0.294 e. The second-order valence-corrected chi connectivity index (χ2v) is 5.22. The van der Waals surface area contributed by atoms with Crippen molar-refractivity contribution >= 4 is 17.5 Å². The third-order valence-electron chi connectivity index (χ3n) is 2.95. The lowest BCUT2D eigenvalue weighted by atomic mass is 10.0. The topological polar surface area (TPSA) is 40.9 Å². The third kappa shape index (κ3) is 1.81. The van der Waals surface area contributed by atoms with Crippen molar-refractivity contribution in [2.24, 2.45) is 0 Å². The molecule has 2 aromatic rings. The van der Waals surface area contributed by atoms with Gasteiger partial charge in [-0.2, -0.15) is 5.26 Å². The summed E-state index contributed by atoms with van der Waals surface area (Å²) in [6.45, 7) is 0. The van der Waals surface area contributed by atoms with E-state index in [1.165, 1.54) is 0 Å². The van der Waals surface area contributed by atoms with Gasteiger partial charge in [-0.3, -0.25) is 4.79 Å². The second-order valence-electron chi connectivity index (χ2n) is 4.13. The molecule has 0 amide bonds. The predicted molar refractivity (Wildman–Crippen MR) is 69.8 cm³/mol. The third-order valence-corrected chi connectivity index (χ3v) is 4.14. The second kappa shape index (κ2) is 4.32. The Labute approximate surface area is 109 Å². The lowest BCUT2D eigenvalue weighted by Crippen LogP contribution is -2.03. The quantitative estimate of drug-likeness (QED) is 0.720. The van der Waals surface area contributed by atoms with Crippen LogP contribution >= 0.6 is 11.8 Å². The Bertz CT molecular complexity index is 685. The highest BCUT2D eigenvalue weighted by atomic mass is 32.2. The first-order valence-corrected chi connectivity index (χ1v) is 6.42. The van der Waals surface area contributed by atoms with Crippen LogP contribution in [0.2, 0.25) is 0 Å². The van der Waals surface area contributed by atoms with Crippen molar-refractivity contribution < 1.29 is 4.79 Å². The Kier molecular flexibility index (Phi) is 2.66. The SMILES string of the molecule is N#Cc1ccc2c(c1)CC(=O)c1ccccc1S2. The van der Waals surface area contributed by atoms with Gasteiger partial charge < -0.3 is 0 Å². The van der Waals surface area contributed by atoms with E-state index in [1.807, 2.05) is 36.4 Å². The van der Waals surface area contributed by atoms with Gasteiger partial charge in [0.15, 0.2) is 5.78 Å². The number of nitriles is 1. The molecule has 1 aliphatic heterocycles. The van der Waals surface area contributed by atoms with E-state index in [-0.39, 0.29) is 5.78 Å². The van der Waals surface area contributed by atoms with Crippen LogP contribution in [0.15, 0.2) is 52.3 Å². The summed E-state index contributed by atoms with van der Waals surface area (Å²) in [6, 6.07) is 15.3. The van der Waals surface area contributed by atoms with E-state index >= 15 is 0 Å². The standard InChI is InChI=1S/C15H9NOS/c16-9-10-5-6-14-11(7-10)8-13(17)12-3-1-2-4-15(12)18-14/h1-7H,8H2. The van der Waals surface area contributed by atoms with Gasteiger partial charge in [-0.1, -0.05) is 30.0 Å². The molecular formula is C15H9NOS. The van der Waals surface area contributed by atoms with Crippen molar-refractivity contribution in [3.05, 3.63) is 59.2 Å². The van der Waals surface area contributed by atoms with Gasteiger partial charge in [-0.25, -0.2) is 0 Å². The summed E-state index contributed by atoms with van der Waals surface area (Å²) in [4.78, 5) is 14.2. The number of Topliss-reactive ketones (excluding diaryl/α,β-unsaturated/α-hetero) is 1. The molecule has 3 rings (SSSR count). The molecule has 18 heavy (non-hydrogen) atoms. The molecule has 0 atom stereocenters. The van der Waals surface area contributed by atoms with Gasteiger partial charge in [-0.05, 0) is 29.8 Å². The molecule has 0 unspecified atom stereocenters. The summed E-state index contributed by atoms with van der Waals surface area (Å²) in [5.74, 6) is 0.118. The van der Waals surface area contributed by atoms with E-state index in [1.54, 1.807) is 17.8 Å². The Balaban J connectivity index is 2.15. The first-order chi connectivity index (χ1) is 8.78. The molecule has 3 heteroatoms. The average molecular weight is 251 g/mol. The van der Waals surface area contributed by atoms with E-state index in [9.17, 15) is 4.79 Å². The summed E-state index contributed by atoms with van der Waals surface area (Å²) in [5, 5.41) is 8.91. The maximum absolute atomic E-state index is 12.2. The summed E-state index contributed by atoms with van der Waals surface area (Å²) in [7, 11) is 0. The summed E-state index contributed by atoms with van der Waals surface area (Å²) < 4.78 is 0. The Morgan fingerprint density at radius 1 is 1.11 bits per heavy atom. The molecule has 86 valence electrons. The van der Waals surface area contributed by atoms with Gasteiger partial charge >= 0.3 is 0 Å². The molecule has 1 aliphatic rings. The van der Waals surface area contributed by atoms with Gasteiger partial charge in [0.2, 0.25) is 0 Å². The first kappa shape index (κ1) is 11.1. The minimum absolute atomic E-state index is 0.118. The molecule has 2 aromatic carbocycles. The molecule has 0 N–H and O–H groups in total. The number of hydrogen-bond donors (Lipinski definition) is 0. The number of fused-ring (bicyclic) bond motifs is 2. The highest BCUT2D eigenvalue weighted by Gasteiger charge is 2.19. The smallest absolute Gasteiger partial charge is 0.168 e. The molecule has 0 spiro atoms. The Hall–Kier alpha value is -2.05. The van der Waals surface area contributed by atoms with E-state index < -0.39 is 0 Å². The number of carbonyl (C=O) groups is 1. The van der Waals surface area contributed by atoms with Gasteiger partial charge in [0, 0.05) is 21.8 Å². The lowest BCUT2D eigenvalue weighted by Gasteiger charge is -2.04. The Morgan fingerprint density at radius 2 is 1.94 bits per heavy atom. The fourth-order valence-corrected chi connectivity index (χ4v) is 3.13. The number of rotatable bonds is 0. The lowest BCUT2D eigenvalue weighted by molar-refractivity contribution is 0.0990. The van der Waals surface area contributed by atoms with Crippen LogP contribution in [0.4, 0.5) is 0 Å². The highest BCUT2D eigenvalue weighted by molar-refractivity contribution is 7.99. The zero-order valence-electron chi connectivity index (χ0n) is 9.51. The zero-order valence-corrected chi connectivity index (χ0v) is 10.3. The van der Waals surface area contributed by atoms with Crippen LogP contribution < -0.4 is 0 Å². The van der Waals surface area contributed by atoms with Gasteiger partial charge in [0.05, 0.1) is 11.6 Å². The maximum atomic E-state index is 12.2. The van der Waals surface area contributed by atoms with E-state index in [0.29, 0.717) is 12.0 Å². The summed E-state index contributed by atoms with van der Waals surface area (Å²) in [5.41, 5.74) is 2.32. The van der Waals surface area contributed by atoms with E-state index in [2.05, 4.69) is 6.07 Å². The van der Waals surface area contributed by atoms with Gasteiger partial charge in [0.1, 0.15) is 0 Å². The number of nitrogens with zero attached hydrogens (tertiary/aromatic N) is 1. The van der Waals surface area contributed by atoms with Crippen LogP contribution in [-0.2, 0) is 6.42 Å². The molecule has 2 nitrogen and oxygen atoms in total. The first-order valence-electron chi connectivity index (χ1n) is 5.61. The summed E-state index contributed by atoms with van der Waals surface area (Å²) >= 11 is 1.60. The monoisotopic (exact) mass is 251 g/mol. The molecule has 0 aromatic heterocycles. The van der Waals surface area contributed by atoms with Crippen LogP contribution in [-0.4, -0.2) is 5.78 Å². The van der Waals surface area contributed by atoms with Crippen molar-refractivity contribution in [2.75, 3.05) is 0 Å². The van der Waals surface area contributed by atoms with Crippen molar-refractivity contribution in [2.45, 2.75) is 16.2 Å². The molecule has 1 heterocycles. The fraction of sp³-hybridized carbons (Fsp3) is 0.0667. The van der Waals surface area contributed by atoms with Crippen molar-refractivity contribution in [1.29, 1.82) is 5.26 Å². The number of ketones is 1. The number of hydrogen-bond acceptors (Lipinski definition) is 3. The van der Waals surface area contributed by atoms with Crippen molar-refractivity contribution in [3.63, 3.8) is 0 Å². The molecule has 0 fully saturated rings. The van der Waals surface area contributed by atoms with Crippen LogP contribution in [0.25, 0.3) is 0 Å². The molecule has 0 saturated heterocycles. The normalized spacial score (nSPS) is 13.2. The minimum atomic E-state index is 0.118. The number of carbonyl (C=O) groups excluding carboxylic acids is 1. The Morgan fingerprint density at radius 3 is 2.78 bits per heavy atom. The van der Waals surface area contributed by atoms with Crippen LogP contribution in [0.5, 0.6) is 0 Å². The highest BCUT2D eigenvalue weighted by Crippen LogP contribution is 2.37. The van der Waals surface area contributed by atoms with E-state index in [4.69, 9.17) is 5.26 Å². The molecule has 0 aliphatic carbocycles. The maximum Gasteiger partial charge on any atom is 0.168 e. The van der Waals surface area contributed by atoms with Gasteiger partial charge in [0.25, 0.3) is 0 Å². The van der Waals surface area contributed by atoms with Gasteiger partial charge in [-0.15, -0.1) is 0 Å². The fourth-order valence-electron chi connectivity index (χ4n) is 2.06. The molecule has 0 saturated carbocycles. The van der Waals surface area contributed by atoms with Crippen molar-refractivity contribution in [3.8, 4) is 6.07 Å². The summed E-state index contributed by atoms with van der Waals surface area (Å²) in [6.07, 6.45) is 0.370. The van der Waals surface area contributed by atoms with Crippen LogP contribution in [0.3, 0.4) is 0 Å². The molecule has 0 radical (unpaired) electrons. The van der Waals surface area contributed by atoms with Crippen molar-refractivity contribution in [1.82, 2.24) is 0 Å². The zero-order chi connectivity index (χ0) is 12.5. The number of benzene rings is 2. The molecule has 0 bridgehead atoms. The van der Waals surface area contributed by atoms with Crippen LogP contribution in [0.1, 0.15) is 21.5 Å².